The summed E-state index contributed by atoms with van der Waals surface area (Å²) < 4.78 is 6.49. The quantitative estimate of drug-likeness (QED) is 0.392. The fourth-order valence-corrected chi connectivity index (χ4v) is 2.44. The van der Waals surface area contributed by atoms with Crippen molar-refractivity contribution >= 4 is 51.5 Å². The van der Waals surface area contributed by atoms with E-state index in [2.05, 4.69) is 22.6 Å². The van der Waals surface area contributed by atoms with E-state index in [4.69, 9.17) is 27.9 Å². The van der Waals surface area contributed by atoms with Gasteiger partial charge in [0.05, 0.1) is 18.5 Å². The maximum Gasteiger partial charge on any atom is 0.272 e. The van der Waals surface area contributed by atoms with Crippen molar-refractivity contribution in [3.05, 3.63) is 60.1 Å². The smallest absolute Gasteiger partial charge is 0.272 e. The Morgan fingerprint density at radius 3 is 2.26 bits per heavy atom. The van der Waals surface area contributed by atoms with E-state index < -0.39 is 4.92 Å². The van der Waals surface area contributed by atoms with Crippen LogP contribution in [0.2, 0.25) is 10.0 Å². The van der Waals surface area contributed by atoms with Crippen molar-refractivity contribution in [3.63, 3.8) is 0 Å². The van der Waals surface area contributed by atoms with Crippen molar-refractivity contribution in [3.8, 4) is 11.5 Å². The fraction of sp³-hybridized carbons (Fsp3) is 0. The van der Waals surface area contributed by atoms with Crippen LogP contribution in [0.25, 0.3) is 0 Å². The van der Waals surface area contributed by atoms with E-state index in [1.54, 1.807) is 6.07 Å². The van der Waals surface area contributed by atoms with Gasteiger partial charge in [-0.2, -0.15) is 0 Å². The lowest BCUT2D eigenvalue weighted by molar-refractivity contribution is -0.384. The summed E-state index contributed by atoms with van der Waals surface area (Å²) in [7, 11) is 0. The Morgan fingerprint density at radius 1 is 1.16 bits per heavy atom. The van der Waals surface area contributed by atoms with Crippen LogP contribution in [0, 0.1) is 13.7 Å². The lowest BCUT2D eigenvalue weighted by Crippen LogP contribution is -1.92. The molecule has 0 aliphatic carbocycles. The molecule has 0 aliphatic rings. The van der Waals surface area contributed by atoms with Crippen LogP contribution in [0.5, 0.6) is 11.5 Å². The Balaban J connectivity index is 2.42. The highest BCUT2D eigenvalue weighted by Crippen LogP contribution is 2.40. The van der Waals surface area contributed by atoms with Gasteiger partial charge < -0.3 is 4.74 Å². The van der Waals surface area contributed by atoms with E-state index in [9.17, 15) is 10.1 Å². The number of non-ortho nitro benzene ring substituents is 1. The number of hydrogen-bond donors (Lipinski definition) is 0. The van der Waals surface area contributed by atoms with Crippen molar-refractivity contribution in [2.45, 2.75) is 0 Å². The average Bonchev–Trinajstić information content (AvgIpc) is 2.35. The van der Waals surface area contributed by atoms with Crippen LogP contribution in [0.1, 0.15) is 0 Å². The zero-order chi connectivity index (χ0) is 14.0. The van der Waals surface area contributed by atoms with Crippen LogP contribution in [-0.2, 0) is 0 Å². The maximum absolute atomic E-state index is 10.7. The minimum atomic E-state index is -0.562. The molecule has 2 rings (SSSR count). The number of benzene rings is 2. The molecule has 0 N–H and O–H groups in total. The highest BCUT2D eigenvalue weighted by atomic mass is 127. The minimum Gasteiger partial charge on any atom is -0.453 e. The molecule has 0 fully saturated rings. The third-order valence-corrected chi connectivity index (χ3v) is 3.70. The number of nitro groups is 1. The van der Waals surface area contributed by atoms with Gasteiger partial charge in [-0.3, -0.25) is 10.1 Å². The third-order valence-electron chi connectivity index (χ3n) is 2.24. The van der Waals surface area contributed by atoms with E-state index in [1.807, 2.05) is 18.2 Å². The van der Waals surface area contributed by atoms with Crippen LogP contribution in [-0.4, -0.2) is 4.92 Å². The molecule has 0 saturated carbocycles. The predicted molar refractivity (Wildman–Crippen MR) is 82.3 cm³/mol. The molecule has 7 heteroatoms. The van der Waals surface area contributed by atoms with Gasteiger partial charge in [-0.25, -0.2) is 0 Å². The number of ether oxygens (including phenoxy) is 1. The molecule has 2 aromatic carbocycles. The number of nitro benzene ring substituents is 1. The van der Waals surface area contributed by atoms with Gasteiger partial charge >= 0.3 is 0 Å². The van der Waals surface area contributed by atoms with Gasteiger partial charge in [-0.05, 0) is 34.7 Å². The van der Waals surface area contributed by atoms with Gasteiger partial charge in [0.25, 0.3) is 5.69 Å². The molecule has 19 heavy (non-hydrogen) atoms. The number of para-hydroxylation sites is 1. The van der Waals surface area contributed by atoms with E-state index in [0.29, 0.717) is 5.75 Å². The molecular formula is C12H6Cl2INO3. The molecule has 0 aliphatic heterocycles. The first-order valence-corrected chi connectivity index (χ1v) is 6.88. The lowest BCUT2D eigenvalue weighted by atomic mass is 10.3. The second-order valence-corrected chi connectivity index (χ2v) is 5.50. The first kappa shape index (κ1) is 14.4. The van der Waals surface area contributed by atoms with Gasteiger partial charge in [0.2, 0.25) is 0 Å². The summed E-state index contributed by atoms with van der Waals surface area (Å²) in [5.74, 6) is 0.791. The van der Waals surface area contributed by atoms with Crippen LogP contribution in [0.3, 0.4) is 0 Å². The van der Waals surface area contributed by atoms with Gasteiger partial charge in [0.1, 0.15) is 5.75 Å². The summed E-state index contributed by atoms with van der Waals surface area (Å²) in [5, 5.41) is 10.9. The first-order chi connectivity index (χ1) is 8.99. The predicted octanol–water partition coefficient (Wildman–Crippen LogP) is 5.30. The third kappa shape index (κ3) is 3.29. The molecule has 0 heterocycles. The molecule has 4 nitrogen and oxygen atoms in total. The normalized spacial score (nSPS) is 10.3. The number of rotatable bonds is 3. The highest BCUT2D eigenvalue weighted by Gasteiger charge is 2.17. The molecule has 2 aromatic rings. The second-order valence-electron chi connectivity index (χ2n) is 3.53. The summed E-state index contributed by atoms with van der Waals surface area (Å²) in [6, 6.07) is 9.72. The molecule has 0 atom stereocenters. The van der Waals surface area contributed by atoms with Crippen LogP contribution < -0.4 is 4.74 Å². The van der Waals surface area contributed by atoms with Crippen molar-refractivity contribution in [1.82, 2.24) is 0 Å². The van der Waals surface area contributed by atoms with Crippen LogP contribution in [0.4, 0.5) is 5.69 Å². The Bertz CT molecular complexity index is 626. The molecule has 0 unspecified atom stereocenters. The standard InChI is InChI=1S/C12H6Cl2INO3/c13-8-5-7(16(17)18)6-9(14)12(8)19-11-4-2-1-3-10(11)15/h1-6H. The lowest BCUT2D eigenvalue weighted by Gasteiger charge is -2.10. The van der Waals surface area contributed by atoms with E-state index in [-0.39, 0.29) is 21.5 Å². The van der Waals surface area contributed by atoms with Crippen molar-refractivity contribution in [2.75, 3.05) is 0 Å². The molecular weight excluding hydrogens is 404 g/mol. The molecule has 0 spiro atoms. The molecule has 0 aromatic heterocycles. The van der Waals surface area contributed by atoms with Gasteiger partial charge in [0.15, 0.2) is 5.75 Å². The molecule has 0 saturated heterocycles. The molecule has 0 radical (unpaired) electrons. The van der Waals surface area contributed by atoms with Crippen LogP contribution >= 0.6 is 45.8 Å². The number of halogens is 3. The fourth-order valence-electron chi connectivity index (χ4n) is 1.39. The Labute approximate surface area is 132 Å². The zero-order valence-corrected chi connectivity index (χ0v) is 12.9. The summed E-state index contributed by atoms with van der Waals surface area (Å²) in [4.78, 5) is 10.1. The van der Waals surface area contributed by atoms with Crippen molar-refractivity contribution in [1.29, 1.82) is 0 Å². The molecule has 0 bridgehead atoms. The van der Waals surface area contributed by atoms with Gasteiger partial charge in [-0.1, -0.05) is 35.3 Å². The Hall–Kier alpha value is -1.05. The van der Waals surface area contributed by atoms with Crippen LogP contribution in [0.15, 0.2) is 36.4 Å². The Kier molecular flexibility index (Phi) is 4.49. The van der Waals surface area contributed by atoms with Crippen molar-refractivity contribution in [2.24, 2.45) is 0 Å². The summed E-state index contributed by atoms with van der Waals surface area (Å²) >= 11 is 14.0. The van der Waals surface area contributed by atoms with E-state index in [1.165, 1.54) is 12.1 Å². The zero-order valence-electron chi connectivity index (χ0n) is 9.27. The number of nitrogens with zero attached hydrogens (tertiary/aromatic N) is 1. The molecule has 98 valence electrons. The average molecular weight is 410 g/mol. The number of hydrogen-bond acceptors (Lipinski definition) is 3. The van der Waals surface area contributed by atoms with E-state index in [0.717, 1.165) is 3.57 Å². The van der Waals surface area contributed by atoms with Crippen molar-refractivity contribution < 1.29 is 9.66 Å². The highest BCUT2D eigenvalue weighted by molar-refractivity contribution is 14.1. The summed E-state index contributed by atoms with van der Waals surface area (Å²) in [6.45, 7) is 0. The minimum absolute atomic E-state index is 0.0962. The molecule has 0 amide bonds. The Morgan fingerprint density at radius 2 is 1.74 bits per heavy atom. The monoisotopic (exact) mass is 409 g/mol. The van der Waals surface area contributed by atoms with E-state index >= 15 is 0 Å². The largest absolute Gasteiger partial charge is 0.453 e. The second kappa shape index (κ2) is 5.94. The first-order valence-electron chi connectivity index (χ1n) is 5.05. The summed E-state index contributed by atoms with van der Waals surface area (Å²) in [5.41, 5.74) is -0.176. The van der Waals surface area contributed by atoms with Gasteiger partial charge in [0, 0.05) is 12.1 Å². The summed E-state index contributed by atoms with van der Waals surface area (Å²) in [6.07, 6.45) is 0. The van der Waals surface area contributed by atoms with Gasteiger partial charge in [-0.15, -0.1) is 0 Å². The topological polar surface area (TPSA) is 52.4 Å². The SMILES string of the molecule is O=[N+]([O-])c1cc(Cl)c(Oc2ccccc2I)c(Cl)c1. The maximum atomic E-state index is 10.7.